The Morgan fingerprint density at radius 2 is 0.951 bits per heavy atom. The topological polar surface area (TPSA) is 18.5 Å². The molecule has 6 rings (SSSR count). The second kappa shape index (κ2) is 10.5. The molecular formula is C36H34Cl2O2Zr. The van der Waals surface area contributed by atoms with Crippen molar-refractivity contribution in [1.82, 2.24) is 0 Å². The van der Waals surface area contributed by atoms with Crippen molar-refractivity contribution in [2.24, 2.45) is 0 Å². The molecule has 0 spiro atoms. The maximum absolute atomic E-state index is 7.59. The monoisotopic (exact) mass is 658 g/mol. The molecule has 2 atom stereocenters. The van der Waals surface area contributed by atoms with Crippen molar-refractivity contribution < 1.29 is 24.8 Å². The third-order valence-corrected chi connectivity index (χ3v) is 24.2. The van der Waals surface area contributed by atoms with Crippen LogP contribution in [-0.2, 0) is 19.2 Å². The molecule has 41 heavy (non-hydrogen) atoms. The van der Waals surface area contributed by atoms with Crippen molar-refractivity contribution >= 4 is 39.1 Å². The molecule has 208 valence electrons. The Balaban J connectivity index is 1.70. The average molecular weight is 661 g/mol. The van der Waals surface area contributed by atoms with Gasteiger partial charge in [-0.25, -0.2) is 0 Å². The van der Waals surface area contributed by atoms with Crippen molar-refractivity contribution in [3.8, 4) is 11.5 Å². The first-order chi connectivity index (χ1) is 19.6. The fraction of sp³-hybridized carbons (Fsp3) is 0.194. The minimum absolute atomic E-state index is 0.0793. The molecule has 2 aliphatic rings. The quantitative estimate of drug-likeness (QED) is 0.205. The summed E-state index contributed by atoms with van der Waals surface area (Å²) in [5.74, 6) is 1.51. The van der Waals surface area contributed by atoms with Crippen LogP contribution >= 0.6 is 23.2 Å². The van der Waals surface area contributed by atoms with Gasteiger partial charge in [-0.15, -0.1) is 0 Å². The first kappa shape index (κ1) is 28.4. The van der Waals surface area contributed by atoms with E-state index >= 15 is 0 Å². The van der Waals surface area contributed by atoms with Gasteiger partial charge in [0.25, 0.3) is 0 Å². The third kappa shape index (κ3) is 4.71. The third-order valence-electron chi connectivity index (χ3n) is 9.10. The molecule has 0 aliphatic heterocycles. The predicted octanol–water partition coefficient (Wildman–Crippen LogP) is 10.6. The molecule has 0 aromatic heterocycles. The van der Waals surface area contributed by atoms with Crippen molar-refractivity contribution in [3.63, 3.8) is 0 Å². The Labute approximate surface area is 255 Å². The van der Waals surface area contributed by atoms with Gasteiger partial charge in [-0.1, -0.05) is 0 Å². The van der Waals surface area contributed by atoms with Crippen molar-refractivity contribution in [2.75, 3.05) is 0 Å². The fourth-order valence-corrected chi connectivity index (χ4v) is 21.2. The van der Waals surface area contributed by atoms with Gasteiger partial charge in [0.05, 0.1) is 0 Å². The van der Waals surface area contributed by atoms with Gasteiger partial charge >= 0.3 is 257 Å². The zero-order valence-electron chi connectivity index (χ0n) is 24.0. The van der Waals surface area contributed by atoms with Gasteiger partial charge in [0, 0.05) is 0 Å². The summed E-state index contributed by atoms with van der Waals surface area (Å²) in [5, 5.41) is 1.33. The summed E-state index contributed by atoms with van der Waals surface area (Å²) in [5.41, 5.74) is 10.0. The SMILES string of the molecule is C[CH]=[Zr]([O]c1ccc(Cl)cc1)([O]c1ccc(Cl)cc1)([CH]1C=Cc2cc(C)c(C)cc21)[CH]1C=Cc2cc(C)c(C)cc21. The van der Waals surface area contributed by atoms with Crippen LogP contribution in [0.1, 0.15) is 58.7 Å². The van der Waals surface area contributed by atoms with Crippen molar-refractivity contribution in [2.45, 2.75) is 41.9 Å². The summed E-state index contributed by atoms with van der Waals surface area (Å²) in [6.45, 7) is 10.8. The molecule has 5 heteroatoms. The second-order valence-corrected chi connectivity index (χ2v) is 24.2. The zero-order chi connectivity index (χ0) is 29.0. The van der Waals surface area contributed by atoms with E-state index in [0.29, 0.717) is 10.0 Å². The van der Waals surface area contributed by atoms with Crippen LogP contribution in [0.2, 0.25) is 10.0 Å². The van der Waals surface area contributed by atoms with Crippen LogP contribution in [0.25, 0.3) is 12.2 Å². The van der Waals surface area contributed by atoms with E-state index in [9.17, 15) is 0 Å². The van der Waals surface area contributed by atoms with Gasteiger partial charge in [0.2, 0.25) is 0 Å². The fourth-order valence-electron chi connectivity index (χ4n) is 6.60. The van der Waals surface area contributed by atoms with E-state index in [4.69, 9.17) is 28.8 Å². The molecule has 0 saturated carbocycles. The minimum atomic E-state index is -5.31. The van der Waals surface area contributed by atoms with E-state index in [-0.39, 0.29) is 7.25 Å². The number of benzene rings is 4. The molecule has 0 bridgehead atoms. The Kier molecular flexibility index (Phi) is 7.30. The van der Waals surface area contributed by atoms with Gasteiger partial charge in [0.1, 0.15) is 0 Å². The van der Waals surface area contributed by atoms with E-state index in [1.807, 2.05) is 48.5 Å². The van der Waals surface area contributed by atoms with Crippen molar-refractivity contribution in [3.05, 3.63) is 140 Å². The molecule has 2 aliphatic carbocycles. The van der Waals surface area contributed by atoms with Crippen LogP contribution in [-0.4, -0.2) is 3.71 Å². The second-order valence-electron chi connectivity index (χ2n) is 11.5. The average Bonchev–Trinajstić information content (AvgIpc) is 3.56. The summed E-state index contributed by atoms with van der Waals surface area (Å²) >= 11 is 7.37. The normalized spacial score (nSPS) is 17.4. The van der Waals surface area contributed by atoms with Crippen LogP contribution in [0, 0.1) is 27.7 Å². The van der Waals surface area contributed by atoms with Crippen LogP contribution in [0.5, 0.6) is 11.5 Å². The molecular weight excluding hydrogens is 627 g/mol. The van der Waals surface area contributed by atoms with Crippen LogP contribution < -0.4 is 5.63 Å². The Morgan fingerprint density at radius 3 is 1.32 bits per heavy atom. The molecule has 2 nitrogen and oxygen atoms in total. The zero-order valence-corrected chi connectivity index (χ0v) is 28.0. The van der Waals surface area contributed by atoms with Gasteiger partial charge in [0.15, 0.2) is 0 Å². The summed E-state index contributed by atoms with van der Waals surface area (Å²) in [4.78, 5) is 0. The van der Waals surface area contributed by atoms with Gasteiger partial charge in [-0.3, -0.25) is 0 Å². The molecule has 0 N–H and O–H groups in total. The molecule has 4 aromatic rings. The van der Waals surface area contributed by atoms with Crippen LogP contribution in [0.4, 0.5) is 0 Å². The first-order valence-electron chi connectivity index (χ1n) is 14.1. The Hall–Kier alpha value is -2.71. The van der Waals surface area contributed by atoms with Gasteiger partial charge in [-0.05, 0) is 0 Å². The number of fused-ring (bicyclic) bond motifs is 2. The standard InChI is InChI=1S/2C11H11.2C6H5ClO.C2H4.Zr/c2*1-8-6-10-4-3-5-11(10)7-9(8)2;2*7-5-1-3-6(8)4-2-5;1-2;/h2*3-7H,1-2H3;2*1-4,8H;1H,2H3;/q;;;;;+2/p-2. The molecule has 4 aromatic carbocycles. The van der Waals surface area contributed by atoms with Crippen LogP contribution in [0.15, 0.2) is 84.9 Å². The molecule has 0 heterocycles. The van der Waals surface area contributed by atoms with E-state index in [1.165, 1.54) is 44.5 Å². The van der Waals surface area contributed by atoms with Gasteiger partial charge in [-0.2, -0.15) is 0 Å². The molecule has 0 saturated heterocycles. The number of aryl methyl sites for hydroxylation is 4. The van der Waals surface area contributed by atoms with Gasteiger partial charge < -0.3 is 0 Å². The van der Waals surface area contributed by atoms with E-state index < -0.39 is 19.2 Å². The number of rotatable bonds is 6. The Morgan fingerprint density at radius 1 is 0.585 bits per heavy atom. The Bertz CT molecular complexity index is 1670. The summed E-state index contributed by atoms with van der Waals surface area (Å²) < 4.78 is 17.3. The van der Waals surface area contributed by atoms with Crippen molar-refractivity contribution in [1.29, 1.82) is 0 Å². The molecule has 0 fully saturated rings. The first-order valence-corrected chi connectivity index (χ1v) is 21.1. The predicted molar refractivity (Wildman–Crippen MR) is 171 cm³/mol. The molecule has 2 unspecified atom stereocenters. The summed E-state index contributed by atoms with van der Waals surface area (Å²) in [6, 6.07) is 24.6. The van der Waals surface area contributed by atoms with E-state index in [1.54, 1.807) is 0 Å². The summed E-state index contributed by atoms with van der Waals surface area (Å²) in [6.07, 6.45) is 9.15. The van der Waals surface area contributed by atoms with Crippen LogP contribution in [0.3, 0.4) is 0 Å². The molecule has 0 radical (unpaired) electrons. The van der Waals surface area contributed by atoms with E-state index in [2.05, 4.69) is 86.9 Å². The number of allylic oxidation sites excluding steroid dienone is 2. The molecule has 0 amide bonds. The van der Waals surface area contributed by atoms with E-state index in [0.717, 1.165) is 11.5 Å². The number of hydrogen-bond acceptors (Lipinski definition) is 2. The number of hydrogen-bond donors (Lipinski definition) is 0. The summed E-state index contributed by atoms with van der Waals surface area (Å²) in [7, 11) is 0. The number of halogens is 2. The maximum atomic E-state index is 7.59.